The monoisotopic (exact) mass is 354 g/mol. The molecule has 1 aliphatic rings. The Morgan fingerprint density at radius 2 is 2.04 bits per heavy atom. The lowest BCUT2D eigenvalue weighted by Gasteiger charge is -2.30. The van der Waals surface area contributed by atoms with E-state index in [0.29, 0.717) is 6.07 Å². The number of alkyl halides is 3. The minimum Gasteiger partial charge on any atom is -0.493 e. The van der Waals surface area contributed by atoms with Crippen molar-refractivity contribution in [3.05, 3.63) is 29.3 Å². The Morgan fingerprint density at radius 3 is 2.50 bits per heavy atom. The standard InChI is InChI=1S/C15H15F5O4/c1-3-14(15(18,19)20)6-8(12(24-14)13(21)22)7-4-5-9(16)10(17)11(7)23-2/h4-5,8,12H,3,6H2,1-2H3,(H,21,22)/t8-,12+,14+/m0/s1. The molecule has 1 heterocycles. The molecule has 0 radical (unpaired) electrons. The Bertz CT molecular complexity index is 645. The first-order chi connectivity index (χ1) is 11.1. The maximum atomic E-state index is 13.8. The molecule has 9 heteroatoms. The molecule has 1 aliphatic heterocycles. The van der Waals surface area contributed by atoms with Crippen molar-refractivity contribution >= 4 is 5.97 Å². The summed E-state index contributed by atoms with van der Waals surface area (Å²) in [7, 11) is 1.02. The van der Waals surface area contributed by atoms with Crippen LogP contribution in [0, 0.1) is 11.6 Å². The molecule has 24 heavy (non-hydrogen) atoms. The molecule has 0 amide bonds. The van der Waals surface area contributed by atoms with Crippen LogP contribution < -0.4 is 4.74 Å². The van der Waals surface area contributed by atoms with Crippen LogP contribution in [0.25, 0.3) is 0 Å². The summed E-state index contributed by atoms with van der Waals surface area (Å²) in [6.45, 7) is 1.22. The van der Waals surface area contributed by atoms with Crippen LogP contribution in [-0.4, -0.2) is 36.1 Å². The fourth-order valence-corrected chi connectivity index (χ4v) is 2.99. The number of hydrogen-bond acceptors (Lipinski definition) is 3. The van der Waals surface area contributed by atoms with Gasteiger partial charge in [-0.2, -0.15) is 17.6 Å². The van der Waals surface area contributed by atoms with Gasteiger partial charge in [0.2, 0.25) is 5.82 Å². The summed E-state index contributed by atoms with van der Waals surface area (Å²) in [6, 6.07) is 1.73. The van der Waals surface area contributed by atoms with Crippen LogP contribution >= 0.6 is 0 Å². The quantitative estimate of drug-likeness (QED) is 0.839. The van der Waals surface area contributed by atoms with Gasteiger partial charge in [-0.05, 0) is 18.9 Å². The summed E-state index contributed by atoms with van der Waals surface area (Å²) < 4.78 is 76.9. The van der Waals surface area contributed by atoms with Gasteiger partial charge in [-0.1, -0.05) is 13.0 Å². The highest BCUT2D eigenvalue weighted by atomic mass is 19.4. The molecule has 1 aromatic rings. The first kappa shape index (κ1) is 18.4. The average molecular weight is 354 g/mol. The molecule has 0 spiro atoms. The summed E-state index contributed by atoms with van der Waals surface area (Å²) in [5.41, 5.74) is -2.85. The largest absolute Gasteiger partial charge is 0.493 e. The number of benzene rings is 1. The van der Waals surface area contributed by atoms with Crippen molar-refractivity contribution in [3.8, 4) is 5.75 Å². The molecule has 2 rings (SSSR count). The molecule has 0 aromatic heterocycles. The molecule has 1 N–H and O–H groups in total. The smallest absolute Gasteiger partial charge is 0.417 e. The van der Waals surface area contributed by atoms with E-state index in [9.17, 15) is 31.9 Å². The Kier molecular flexibility index (Phi) is 4.76. The molecule has 0 unspecified atom stereocenters. The van der Waals surface area contributed by atoms with Gasteiger partial charge in [-0.3, -0.25) is 0 Å². The number of hydrogen-bond donors (Lipinski definition) is 1. The lowest BCUT2D eigenvalue weighted by molar-refractivity contribution is -0.271. The molecule has 0 bridgehead atoms. The zero-order chi connectivity index (χ0) is 18.3. The van der Waals surface area contributed by atoms with Crippen LogP contribution in [0.2, 0.25) is 0 Å². The zero-order valence-corrected chi connectivity index (χ0v) is 12.8. The van der Waals surface area contributed by atoms with Gasteiger partial charge in [0.05, 0.1) is 7.11 Å². The van der Waals surface area contributed by atoms with Gasteiger partial charge in [-0.15, -0.1) is 0 Å². The Morgan fingerprint density at radius 1 is 1.42 bits per heavy atom. The minimum absolute atomic E-state index is 0.177. The van der Waals surface area contributed by atoms with Gasteiger partial charge in [0.1, 0.15) is 0 Å². The lowest BCUT2D eigenvalue weighted by atomic mass is 9.84. The van der Waals surface area contributed by atoms with Crippen molar-refractivity contribution < 1.29 is 41.3 Å². The number of aliphatic carboxylic acids is 1. The zero-order valence-electron chi connectivity index (χ0n) is 12.8. The van der Waals surface area contributed by atoms with Crippen molar-refractivity contribution in [1.29, 1.82) is 0 Å². The highest BCUT2D eigenvalue weighted by Gasteiger charge is 2.63. The van der Waals surface area contributed by atoms with Crippen molar-refractivity contribution in [3.63, 3.8) is 0 Å². The van der Waals surface area contributed by atoms with Gasteiger partial charge in [0.15, 0.2) is 23.3 Å². The summed E-state index contributed by atoms with van der Waals surface area (Å²) in [5.74, 6) is -6.22. The maximum Gasteiger partial charge on any atom is 0.417 e. The third-order valence-electron chi connectivity index (χ3n) is 4.28. The summed E-state index contributed by atoms with van der Waals surface area (Å²) in [5, 5.41) is 9.22. The van der Waals surface area contributed by atoms with Crippen molar-refractivity contribution in [2.45, 2.75) is 43.6 Å². The number of carboxylic acid groups (broad SMARTS) is 1. The topological polar surface area (TPSA) is 55.8 Å². The van der Waals surface area contributed by atoms with Crippen molar-refractivity contribution in [2.24, 2.45) is 0 Å². The molecule has 0 saturated carbocycles. The van der Waals surface area contributed by atoms with E-state index in [0.717, 1.165) is 13.2 Å². The third-order valence-corrected chi connectivity index (χ3v) is 4.28. The Balaban J connectivity index is 2.57. The number of carboxylic acids is 1. The van der Waals surface area contributed by atoms with Gasteiger partial charge in [-0.25, -0.2) is 9.18 Å². The Labute approximate surface area is 134 Å². The minimum atomic E-state index is -4.81. The molecule has 4 nitrogen and oxygen atoms in total. The van der Waals surface area contributed by atoms with E-state index in [2.05, 4.69) is 0 Å². The molecule has 1 aromatic carbocycles. The molecule has 3 atom stereocenters. The maximum absolute atomic E-state index is 13.8. The predicted octanol–water partition coefficient (Wildman–Crippen LogP) is 3.64. The Hall–Kier alpha value is -1.90. The second-order valence-corrected chi connectivity index (χ2v) is 5.52. The number of ether oxygens (including phenoxy) is 2. The summed E-state index contributed by atoms with van der Waals surface area (Å²) >= 11 is 0. The highest BCUT2D eigenvalue weighted by Crippen LogP contribution is 2.52. The molecule has 0 aliphatic carbocycles. The van der Waals surface area contributed by atoms with E-state index in [4.69, 9.17) is 9.47 Å². The van der Waals surface area contributed by atoms with E-state index in [1.165, 1.54) is 6.92 Å². The van der Waals surface area contributed by atoms with Crippen LogP contribution in [0.1, 0.15) is 31.2 Å². The van der Waals surface area contributed by atoms with Crippen LogP contribution in [0.5, 0.6) is 5.75 Å². The fraction of sp³-hybridized carbons (Fsp3) is 0.533. The van der Waals surface area contributed by atoms with Crippen LogP contribution in [0.4, 0.5) is 22.0 Å². The molecule has 1 saturated heterocycles. The second-order valence-electron chi connectivity index (χ2n) is 5.52. The van der Waals surface area contributed by atoms with Gasteiger partial charge in [0.25, 0.3) is 0 Å². The van der Waals surface area contributed by atoms with Gasteiger partial charge >= 0.3 is 12.1 Å². The molecule has 134 valence electrons. The molecule has 1 fully saturated rings. The first-order valence-electron chi connectivity index (χ1n) is 7.07. The average Bonchev–Trinajstić information content (AvgIpc) is 2.91. The lowest BCUT2D eigenvalue weighted by Crippen LogP contribution is -2.45. The van der Waals surface area contributed by atoms with Crippen LogP contribution in [0.3, 0.4) is 0 Å². The van der Waals surface area contributed by atoms with Crippen LogP contribution in [-0.2, 0) is 9.53 Å². The summed E-state index contributed by atoms with van der Waals surface area (Å²) in [6.07, 6.45) is -7.91. The second kappa shape index (κ2) is 6.19. The summed E-state index contributed by atoms with van der Waals surface area (Å²) in [4.78, 5) is 11.4. The van der Waals surface area contributed by atoms with Crippen LogP contribution in [0.15, 0.2) is 12.1 Å². The fourth-order valence-electron chi connectivity index (χ4n) is 2.99. The van der Waals surface area contributed by atoms with E-state index in [1.54, 1.807) is 0 Å². The SMILES string of the molecule is CC[C@]1(C(F)(F)F)C[C@@H](c2ccc(F)c(F)c2OC)[C@H](C(=O)O)O1. The van der Waals surface area contributed by atoms with E-state index >= 15 is 0 Å². The van der Waals surface area contributed by atoms with E-state index < -0.39 is 60.0 Å². The number of halogens is 5. The third kappa shape index (κ3) is 2.81. The van der Waals surface area contributed by atoms with Gasteiger partial charge in [0, 0.05) is 11.5 Å². The molecular weight excluding hydrogens is 339 g/mol. The number of rotatable bonds is 4. The molecular formula is C15H15F5O4. The van der Waals surface area contributed by atoms with E-state index in [1.807, 2.05) is 0 Å². The highest BCUT2D eigenvalue weighted by molar-refractivity contribution is 5.75. The van der Waals surface area contributed by atoms with Gasteiger partial charge < -0.3 is 14.6 Å². The first-order valence-corrected chi connectivity index (χ1v) is 7.07. The predicted molar refractivity (Wildman–Crippen MR) is 71.9 cm³/mol. The van der Waals surface area contributed by atoms with Crippen molar-refractivity contribution in [1.82, 2.24) is 0 Å². The van der Waals surface area contributed by atoms with E-state index in [-0.39, 0.29) is 5.56 Å². The van der Waals surface area contributed by atoms with Crippen molar-refractivity contribution in [2.75, 3.05) is 7.11 Å². The number of methoxy groups -OCH3 is 1. The normalized spacial score (nSPS) is 27.3. The number of carbonyl (C=O) groups is 1.